The molecule has 1 aromatic carbocycles. The van der Waals surface area contributed by atoms with Crippen LogP contribution in [0.2, 0.25) is 0 Å². The van der Waals surface area contributed by atoms with E-state index in [4.69, 9.17) is 4.98 Å². The molecule has 0 bridgehead atoms. The Bertz CT molecular complexity index is 535. The van der Waals surface area contributed by atoms with Crippen LogP contribution in [-0.4, -0.2) is 15.3 Å². The van der Waals surface area contributed by atoms with E-state index in [1.54, 1.807) is 0 Å². The lowest BCUT2D eigenvalue weighted by molar-refractivity contribution is 0.526. The molecule has 0 aliphatic rings. The Hall–Kier alpha value is -0.960. The van der Waals surface area contributed by atoms with E-state index in [1.165, 1.54) is 11.1 Å². The van der Waals surface area contributed by atoms with E-state index in [2.05, 4.69) is 63.2 Å². The standard InChI is InChI=1S/C14H20N2S/c1-14(2,3)13-15-11-6-5-10(7-8-17)9-12(11)16(13)4/h5-6,9,17H,7-8H2,1-4H3. The minimum Gasteiger partial charge on any atom is -0.331 e. The van der Waals surface area contributed by atoms with Crippen LogP contribution in [0.1, 0.15) is 32.2 Å². The lowest BCUT2D eigenvalue weighted by Gasteiger charge is -2.17. The molecule has 92 valence electrons. The largest absolute Gasteiger partial charge is 0.331 e. The van der Waals surface area contributed by atoms with E-state index in [-0.39, 0.29) is 5.41 Å². The number of rotatable bonds is 2. The Morgan fingerprint density at radius 2 is 2.00 bits per heavy atom. The van der Waals surface area contributed by atoms with Crippen LogP contribution in [0, 0.1) is 0 Å². The first kappa shape index (κ1) is 12.5. The molecule has 0 N–H and O–H groups in total. The minimum absolute atomic E-state index is 0.0808. The summed E-state index contributed by atoms with van der Waals surface area (Å²) in [7, 11) is 2.10. The zero-order valence-electron chi connectivity index (χ0n) is 11.0. The van der Waals surface area contributed by atoms with Crippen molar-refractivity contribution >= 4 is 23.7 Å². The van der Waals surface area contributed by atoms with Crippen LogP contribution < -0.4 is 0 Å². The molecule has 17 heavy (non-hydrogen) atoms. The summed E-state index contributed by atoms with van der Waals surface area (Å²) in [5.74, 6) is 2.02. The van der Waals surface area contributed by atoms with Crippen molar-refractivity contribution in [1.29, 1.82) is 0 Å². The Kier molecular flexibility index (Phi) is 3.21. The molecule has 0 saturated heterocycles. The average molecular weight is 248 g/mol. The van der Waals surface area contributed by atoms with Crippen LogP contribution in [-0.2, 0) is 18.9 Å². The quantitative estimate of drug-likeness (QED) is 0.807. The Balaban J connectivity index is 2.59. The van der Waals surface area contributed by atoms with Gasteiger partial charge in [0.1, 0.15) is 5.82 Å². The van der Waals surface area contributed by atoms with Crippen LogP contribution in [0.3, 0.4) is 0 Å². The summed E-state index contributed by atoms with van der Waals surface area (Å²) in [5, 5.41) is 0. The predicted octanol–water partition coefficient (Wildman–Crippen LogP) is 3.34. The first-order valence-electron chi connectivity index (χ1n) is 6.00. The van der Waals surface area contributed by atoms with Gasteiger partial charge < -0.3 is 4.57 Å². The second kappa shape index (κ2) is 4.37. The molecule has 0 aliphatic heterocycles. The smallest absolute Gasteiger partial charge is 0.115 e. The lowest BCUT2D eigenvalue weighted by atomic mass is 9.96. The van der Waals surface area contributed by atoms with Gasteiger partial charge in [-0.1, -0.05) is 26.8 Å². The molecule has 2 nitrogen and oxygen atoms in total. The van der Waals surface area contributed by atoms with Gasteiger partial charge in [-0.15, -0.1) is 0 Å². The van der Waals surface area contributed by atoms with Crippen molar-refractivity contribution in [3.8, 4) is 0 Å². The van der Waals surface area contributed by atoms with Crippen molar-refractivity contribution in [2.45, 2.75) is 32.6 Å². The zero-order chi connectivity index (χ0) is 12.6. The number of nitrogens with zero attached hydrogens (tertiary/aromatic N) is 2. The Morgan fingerprint density at radius 3 is 2.59 bits per heavy atom. The van der Waals surface area contributed by atoms with Crippen LogP contribution >= 0.6 is 12.6 Å². The topological polar surface area (TPSA) is 17.8 Å². The molecule has 0 atom stereocenters. The fourth-order valence-electron chi connectivity index (χ4n) is 2.19. The maximum atomic E-state index is 4.73. The highest BCUT2D eigenvalue weighted by Crippen LogP contribution is 2.25. The number of fused-ring (bicyclic) bond motifs is 1. The van der Waals surface area contributed by atoms with Gasteiger partial charge in [0.05, 0.1) is 11.0 Å². The minimum atomic E-state index is 0.0808. The van der Waals surface area contributed by atoms with Gasteiger partial charge in [0.2, 0.25) is 0 Å². The first-order valence-corrected chi connectivity index (χ1v) is 6.63. The van der Waals surface area contributed by atoms with Gasteiger partial charge in [-0.05, 0) is 29.9 Å². The van der Waals surface area contributed by atoms with E-state index in [9.17, 15) is 0 Å². The summed E-state index contributed by atoms with van der Waals surface area (Å²) in [5.41, 5.74) is 3.71. The summed E-state index contributed by atoms with van der Waals surface area (Å²) in [6.07, 6.45) is 1.01. The van der Waals surface area contributed by atoms with Gasteiger partial charge in [-0.3, -0.25) is 0 Å². The van der Waals surface area contributed by atoms with E-state index in [1.807, 2.05) is 0 Å². The molecule has 0 saturated carbocycles. The fourth-order valence-corrected chi connectivity index (χ4v) is 2.45. The van der Waals surface area contributed by atoms with Crippen molar-refractivity contribution in [2.75, 3.05) is 5.75 Å². The highest BCUT2D eigenvalue weighted by molar-refractivity contribution is 7.80. The SMILES string of the molecule is Cn1c(C(C)(C)C)nc2ccc(CCS)cc21. The number of imidazole rings is 1. The summed E-state index contributed by atoms with van der Waals surface area (Å²) >= 11 is 4.28. The number of aryl methyl sites for hydroxylation is 2. The van der Waals surface area contributed by atoms with Gasteiger partial charge in [0, 0.05) is 12.5 Å². The van der Waals surface area contributed by atoms with E-state index in [0.717, 1.165) is 23.5 Å². The van der Waals surface area contributed by atoms with Gasteiger partial charge in [0.15, 0.2) is 0 Å². The van der Waals surface area contributed by atoms with Crippen molar-refractivity contribution in [2.24, 2.45) is 7.05 Å². The van der Waals surface area contributed by atoms with Crippen molar-refractivity contribution < 1.29 is 0 Å². The molecule has 1 heterocycles. The molecule has 0 amide bonds. The van der Waals surface area contributed by atoms with E-state index in [0.29, 0.717) is 0 Å². The van der Waals surface area contributed by atoms with Crippen molar-refractivity contribution in [3.63, 3.8) is 0 Å². The molecule has 0 unspecified atom stereocenters. The normalized spacial score (nSPS) is 12.3. The molecule has 2 aromatic rings. The molecular formula is C14H20N2S. The lowest BCUT2D eigenvalue weighted by Crippen LogP contribution is -2.17. The Labute approximate surface area is 108 Å². The third-order valence-corrected chi connectivity index (χ3v) is 3.24. The van der Waals surface area contributed by atoms with Gasteiger partial charge in [-0.2, -0.15) is 12.6 Å². The van der Waals surface area contributed by atoms with Gasteiger partial charge in [0.25, 0.3) is 0 Å². The first-order chi connectivity index (χ1) is 7.93. The second-order valence-electron chi connectivity index (χ2n) is 5.54. The maximum absolute atomic E-state index is 4.73. The number of thiol groups is 1. The van der Waals surface area contributed by atoms with Crippen LogP contribution in [0.25, 0.3) is 11.0 Å². The average Bonchev–Trinajstić information content (AvgIpc) is 2.56. The fraction of sp³-hybridized carbons (Fsp3) is 0.500. The summed E-state index contributed by atoms with van der Waals surface area (Å²) < 4.78 is 2.21. The van der Waals surface area contributed by atoms with Crippen molar-refractivity contribution in [3.05, 3.63) is 29.6 Å². The summed E-state index contributed by atoms with van der Waals surface area (Å²) in [4.78, 5) is 4.73. The summed E-state index contributed by atoms with van der Waals surface area (Å²) in [6, 6.07) is 6.50. The van der Waals surface area contributed by atoms with Crippen LogP contribution in [0.5, 0.6) is 0 Å². The predicted molar refractivity (Wildman–Crippen MR) is 77.0 cm³/mol. The van der Waals surface area contributed by atoms with E-state index >= 15 is 0 Å². The molecule has 0 spiro atoms. The molecule has 3 heteroatoms. The number of hydrogen-bond acceptors (Lipinski definition) is 2. The highest BCUT2D eigenvalue weighted by atomic mass is 32.1. The van der Waals surface area contributed by atoms with Gasteiger partial charge in [-0.25, -0.2) is 4.98 Å². The second-order valence-corrected chi connectivity index (χ2v) is 5.99. The van der Waals surface area contributed by atoms with Crippen molar-refractivity contribution in [1.82, 2.24) is 9.55 Å². The highest BCUT2D eigenvalue weighted by Gasteiger charge is 2.21. The monoisotopic (exact) mass is 248 g/mol. The third kappa shape index (κ3) is 2.34. The molecule has 1 aromatic heterocycles. The third-order valence-electron chi connectivity index (χ3n) is 3.02. The van der Waals surface area contributed by atoms with Crippen LogP contribution in [0.4, 0.5) is 0 Å². The molecule has 0 radical (unpaired) electrons. The number of aromatic nitrogens is 2. The molecule has 0 aliphatic carbocycles. The number of hydrogen-bond donors (Lipinski definition) is 1. The van der Waals surface area contributed by atoms with Gasteiger partial charge >= 0.3 is 0 Å². The maximum Gasteiger partial charge on any atom is 0.115 e. The molecular weight excluding hydrogens is 228 g/mol. The van der Waals surface area contributed by atoms with E-state index < -0.39 is 0 Å². The summed E-state index contributed by atoms with van der Waals surface area (Å²) in [6.45, 7) is 6.59. The molecule has 2 rings (SSSR count). The molecule has 0 fully saturated rings. The zero-order valence-corrected chi connectivity index (χ0v) is 11.9. The van der Waals surface area contributed by atoms with Crippen LogP contribution in [0.15, 0.2) is 18.2 Å². The number of benzene rings is 1. The Morgan fingerprint density at radius 1 is 1.29 bits per heavy atom.